The molecule has 0 heterocycles. The molecule has 0 aromatic heterocycles. The Bertz CT molecular complexity index is 452. The van der Waals surface area contributed by atoms with Crippen molar-refractivity contribution in [2.24, 2.45) is 11.8 Å². The van der Waals surface area contributed by atoms with Crippen molar-refractivity contribution in [1.29, 1.82) is 0 Å². The van der Waals surface area contributed by atoms with E-state index in [9.17, 15) is 14.4 Å². The Labute approximate surface area is 175 Å². The fraction of sp³-hybridized carbons (Fsp3) is 0.857. The van der Waals surface area contributed by atoms with Gasteiger partial charge in [-0.05, 0) is 0 Å². The van der Waals surface area contributed by atoms with E-state index >= 15 is 0 Å². The lowest BCUT2D eigenvalue weighted by atomic mass is 10.0. The van der Waals surface area contributed by atoms with Crippen molar-refractivity contribution in [3.63, 3.8) is 0 Å². The van der Waals surface area contributed by atoms with Gasteiger partial charge in [0.05, 0.1) is 52.9 Å². The number of ketones is 2. The van der Waals surface area contributed by atoms with Gasteiger partial charge < -0.3 is 24.3 Å². The van der Waals surface area contributed by atoms with Crippen LogP contribution in [0.4, 0.5) is 0 Å². The minimum Gasteiger partial charge on any atom is -0.379 e. The molecular weight excluding hydrogens is 378 g/mol. The molecule has 0 fully saturated rings. The highest BCUT2D eigenvalue weighted by Gasteiger charge is 2.09. The van der Waals surface area contributed by atoms with Crippen LogP contribution in [0.2, 0.25) is 0 Å². The lowest BCUT2D eigenvalue weighted by Crippen LogP contribution is -2.28. The quantitative estimate of drug-likeness (QED) is 0.301. The van der Waals surface area contributed by atoms with Crippen LogP contribution in [-0.2, 0) is 33.3 Å². The average Bonchev–Trinajstić information content (AvgIpc) is 2.68. The maximum absolute atomic E-state index is 11.6. The van der Waals surface area contributed by atoms with Gasteiger partial charge in [0.1, 0.15) is 11.6 Å². The molecule has 1 amide bonds. The van der Waals surface area contributed by atoms with Crippen LogP contribution in [0.1, 0.15) is 47.0 Å². The highest BCUT2D eigenvalue weighted by Crippen LogP contribution is 2.01. The van der Waals surface area contributed by atoms with Crippen molar-refractivity contribution in [3.05, 3.63) is 0 Å². The van der Waals surface area contributed by atoms with Crippen LogP contribution in [0, 0.1) is 11.8 Å². The van der Waals surface area contributed by atoms with Crippen molar-refractivity contribution in [1.82, 2.24) is 5.32 Å². The van der Waals surface area contributed by atoms with Crippen molar-refractivity contribution in [3.8, 4) is 0 Å². The van der Waals surface area contributed by atoms with Crippen molar-refractivity contribution in [2.45, 2.75) is 47.0 Å². The van der Waals surface area contributed by atoms with Crippen LogP contribution in [0.5, 0.6) is 0 Å². The minimum absolute atomic E-state index is 0.0311. The molecule has 8 heteroatoms. The van der Waals surface area contributed by atoms with Gasteiger partial charge in [-0.2, -0.15) is 0 Å². The summed E-state index contributed by atoms with van der Waals surface area (Å²) in [6.07, 6.45) is 0.952. The molecule has 0 aliphatic heterocycles. The summed E-state index contributed by atoms with van der Waals surface area (Å²) in [7, 11) is 0. The number of rotatable bonds is 20. The molecule has 0 aromatic rings. The molecule has 0 bridgehead atoms. The molecule has 8 nitrogen and oxygen atoms in total. The van der Waals surface area contributed by atoms with Gasteiger partial charge in [-0.3, -0.25) is 14.4 Å². The minimum atomic E-state index is -0.133. The van der Waals surface area contributed by atoms with E-state index in [4.69, 9.17) is 18.9 Å². The van der Waals surface area contributed by atoms with Crippen molar-refractivity contribution in [2.75, 3.05) is 59.4 Å². The van der Waals surface area contributed by atoms with Gasteiger partial charge >= 0.3 is 0 Å². The molecule has 0 rings (SSSR count). The SMILES string of the molecule is CC(C)C(=O)CCOCCOCCOCCOCCNC(=O)CCC(=O)C(C)C. The zero-order valence-electron chi connectivity index (χ0n) is 18.5. The Morgan fingerprint density at radius 3 is 1.48 bits per heavy atom. The Kier molecular flexibility index (Phi) is 17.8. The maximum Gasteiger partial charge on any atom is 0.220 e. The monoisotopic (exact) mass is 417 g/mol. The Hall–Kier alpha value is -1.35. The normalized spacial score (nSPS) is 11.2. The first-order valence-electron chi connectivity index (χ1n) is 10.5. The summed E-state index contributed by atoms with van der Waals surface area (Å²) < 4.78 is 21.4. The van der Waals surface area contributed by atoms with E-state index in [-0.39, 0.29) is 42.2 Å². The van der Waals surface area contributed by atoms with Gasteiger partial charge in [0, 0.05) is 37.6 Å². The van der Waals surface area contributed by atoms with Gasteiger partial charge in [0.2, 0.25) is 5.91 Å². The standard InChI is InChI=1S/C21H39NO7/c1-17(2)19(23)5-6-21(25)22-8-10-27-12-14-29-16-15-28-13-11-26-9-7-20(24)18(3)4/h17-18H,5-16H2,1-4H3,(H,22,25). The second-order valence-electron chi connectivity index (χ2n) is 7.29. The molecule has 0 unspecified atom stereocenters. The molecule has 0 aromatic carbocycles. The molecule has 170 valence electrons. The molecular formula is C21H39NO7. The van der Waals surface area contributed by atoms with E-state index in [0.717, 1.165) is 0 Å². The Balaban J connectivity index is 3.25. The van der Waals surface area contributed by atoms with E-state index < -0.39 is 0 Å². The summed E-state index contributed by atoms with van der Waals surface area (Å²) in [5.41, 5.74) is 0. The van der Waals surface area contributed by atoms with Gasteiger partial charge in [0.25, 0.3) is 0 Å². The second kappa shape index (κ2) is 18.7. The molecule has 0 saturated heterocycles. The first-order chi connectivity index (χ1) is 13.8. The van der Waals surface area contributed by atoms with Crippen molar-refractivity contribution < 1.29 is 33.3 Å². The van der Waals surface area contributed by atoms with Crippen LogP contribution >= 0.6 is 0 Å². The number of ether oxygens (including phenoxy) is 4. The predicted molar refractivity (Wildman–Crippen MR) is 110 cm³/mol. The van der Waals surface area contributed by atoms with Gasteiger partial charge in [-0.1, -0.05) is 27.7 Å². The summed E-state index contributed by atoms with van der Waals surface area (Å²) in [6.45, 7) is 11.4. The number of carbonyl (C=O) groups excluding carboxylic acids is 3. The lowest BCUT2D eigenvalue weighted by molar-refractivity contribution is -0.126. The fourth-order valence-electron chi connectivity index (χ4n) is 2.10. The lowest BCUT2D eigenvalue weighted by Gasteiger charge is -2.08. The van der Waals surface area contributed by atoms with E-state index in [2.05, 4.69) is 5.32 Å². The molecule has 0 saturated carbocycles. The Morgan fingerprint density at radius 2 is 1.00 bits per heavy atom. The molecule has 0 aliphatic rings. The van der Waals surface area contributed by atoms with Crippen LogP contribution < -0.4 is 5.32 Å². The number of Topliss-reactive ketones (excluding diaryl/α,β-unsaturated/α-hetero) is 2. The number of carbonyl (C=O) groups is 3. The largest absolute Gasteiger partial charge is 0.379 e. The van der Waals surface area contributed by atoms with E-state index in [1.807, 2.05) is 27.7 Å². The van der Waals surface area contributed by atoms with E-state index in [0.29, 0.717) is 65.8 Å². The van der Waals surface area contributed by atoms with E-state index in [1.165, 1.54) is 0 Å². The first kappa shape index (κ1) is 27.6. The van der Waals surface area contributed by atoms with Crippen LogP contribution in [-0.4, -0.2) is 76.9 Å². The summed E-state index contributed by atoms with van der Waals surface area (Å²) in [6, 6.07) is 0. The molecule has 0 atom stereocenters. The topological polar surface area (TPSA) is 100 Å². The highest BCUT2D eigenvalue weighted by atomic mass is 16.6. The fourth-order valence-corrected chi connectivity index (χ4v) is 2.10. The maximum atomic E-state index is 11.6. The number of nitrogens with one attached hydrogen (secondary N) is 1. The second-order valence-corrected chi connectivity index (χ2v) is 7.29. The molecule has 29 heavy (non-hydrogen) atoms. The molecule has 1 N–H and O–H groups in total. The van der Waals surface area contributed by atoms with Crippen LogP contribution in [0.15, 0.2) is 0 Å². The predicted octanol–water partition coefficient (Wildman–Crippen LogP) is 1.79. The van der Waals surface area contributed by atoms with Crippen LogP contribution in [0.25, 0.3) is 0 Å². The summed E-state index contributed by atoms with van der Waals surface area (Å²) in [4.78, 5) is 34.4. The zero-order chi connectivity index (χ0) is 21.9. The van der Waals surface area contributed by atoms with E-state index in [1.54, 1.807) is 0 Å². The van der Waals surface area contributed by atoms with Gasteiger partial charge in [0.15, 0.2) is 0 Å². The molecule has 0 spiro atoms. The van der Waals surface area contributed by atoms with Crippen LogP contribution in [0.3, 0.4) is 0 Å². The third-order valence-corrected chi connectivity index (χ3v) is 4.06. The van der Waals surface area contributed by atoms with Gasteiger partial charge in [-0.15, -0.1) is 0 Å². The highest BCUT2D eigenvalue weighted by molar-refractivity contribution is 5.85. The summed E-state index contributed by atoms with van der Waals surface area (Å²) >= 11 is 0. The summed E-state index contributed by atoms with van der Waals surface area (Å²) in [5, 5.41) is 2.72. The first-order valence-corrected chi connectivity index (χ1v) is 10.5. The summed E-state index contributed by atoms with van der Waals surface area (Å²) in [5.74, 6) is 0.203. The average molecular weight is 418 g/mol. The third kappa shape index (κ3) is 18.4. The van der Waals surface area contributed by atoms with Crippen molar-refractivity contribution >= 4 is 17.5 Å². The third-order valence-electron chi connectivity index (χ3n) is 4.06. The zero-order valence-corrected chi connectivity index (χ0v) is 18.5. The smallest absolute Gasteiger partial charge is 0.220 e. The number of amides is 1. The number of hydrogen-bond acceptors (Lipinski definition) is 7. The molecule has 0 radical (unpaired) electrons. The number of hydrogen-bond donors (Lipinski definition) is 1. The van der Waals surface area contributed by atoms with Gasteiger partial charge in [-0.25, -0.2) is 0 Å². The Morgan fingerprint density at radius 1 is 0.586 bits per heavy atom. The molecule has 0 aliphatic carbocycles.